The number of rotatable bonds is 3. The quantitative estimate of drug-likeness (QED) is 0.795. The molecule has 1 atom stereocenters. The van der Waals surface area contributed by atoms with Crippen LogP contribution in [0.1, 0.15) is 50.1 Å². The van der Waals surface area contributed by atoms with Gasteiger partial charge in [-0.1, -0.05) is 13.0 Å². The van der Waals surface area contributed by atoms with Gasteiger partial charge in [-0.05, 0) is 43.7 Å². The van der Waals surface area contributed by atoms with E-state index in [1.165, 1.54) is 12.8 Å². The Bertz CT molecular complexity index is 393. The molecule has 0 aliphatic heterocycles. The lowest BCUT2D eigenvalue weighted by atomic mass is 9.94. The Morgan fingerprint density at radius 1 is 1.50 bits per heavy atom. The van der Waals surface area contributed by atoms with E-state index in [4.69, 9.17) is 0 Å². The van der Waals surface area contributed by atoms with E-state index >= 15 is 0 Å². The molecule has 2 rings (SSSR count). The lowest BCUT2D eigenvalue weighted by Crippen LogP contribution is -2.09. The molecule has 0 amide bonds. The molecule has 0 spiro atoms. The number of aryl methyl sites for hydroxylation is 2. The van der Waals surface area contributed by atoms with Crippen LogP contribution in [0.3, 0.4) is 0 Å². The lowest BCUT2D eigenvalue weighted by molar-refractivity contribution is 0.198. The molecule has 0 fully saturated rings. The van der Waals surface area contributed by atoms with Gasteiger partial charge < -0.3 is 5.11 Å². The van der Waals surface area contributed by atoms with Gasteiger partial charge in [0, 0.05) is 7.05 Å². The fraction of sp³-hybridized carbons (Fsp3) is 0.615. The number of aliphatic hydroxyl groups excluding tert-OH is 1. The second-order valence-electron chi connectivity index (χ2n) is 4.47. The van der Waals surface area contributed by atoms with Crippen LogP contribution in [0.4, 0.5) is 0 Å². The number of aliphatic hydroxyl groups is 1. The maximum atomic E-state index is 10.3. The second kappa shape index (κ2) is 4.83. The van der Waals surface area contributed by atoms with Gasteiger partial charge in [0.25, 0.3) is 0 Å². The van der Waals surface area contributed by atoms with Gasteiger partial charge in [0.2, 0.25) is 0 Å². The SMILES string of the molecule is CCc1cc(C(O)C2=CCCCC2)n(C)n1. The van der Waals surface area contributed by atoms with E-state index in [-0.39, 0.29) is 0 Å². The van der Waals surface area contributed by atoms with Crippen LogP contribution in [-0.2, 0) is 13.5 Å². The van der Waals surface area contributed by atoms with Crippen molar-refractivity contribution in [2.45, 2.75) is 45.1 Å². The average Bonchev–Trinajstić information content (AvgIpc) is 2.71. The predicted octanol–water partition coefficient (Wildman–Crippen LogP) is 2.52. The molecule has 0 saturated carbocycles. The second-order valence-corrected chi connectivity index (χ2v) is 4.47. The highest BCUT2D eigenvalue weighted by molar-refractivity contribution is 5.23. The molecular formula is C13H20N2O. The van der Waals surface area contributed by atoms with Crippen LogP contribution in [0.5, 0.6) is 0 Å². The highest BCUT2D eigenvalue weighted by Crippen LogP contribution is 2.29. The number of hydrogen-bond acceptors (Lipinski definition) is 2. The molecule has 1 aromatic rings. The maximum absolute atomic E-state index is 10.3. The minimum atomic E-state index is -0.460. The van der Waals surface area contributed by atoms with E-state index in [1.807, 2.05) is 13.1 Å². The standard InChI is InChI=1S/C13H20N2O/c1-3-11-9-12(15(2)14-11)13(16)10-7-5-4-6-8-10/h7,9,13,16H,3-6,8H2,1-2H3. The summed E-state index contributed by atoms with van der Waals surface area (Å²) in [6.45, 7) is 2.08. The number of nitrogens with zero attached hydrogens (tertiary/aromatic N) is 2. The minimum absolute atomic E-state index is 0.460. The number of hydrogen-bond donors (Lipinski definition) is 1. The summed E-state index contributed by atoms with van der Waals surface area (Å²) in [6, 6.07) is 2.01. The fourth-order valence-corrected chi connectivity index (χ4v) is 2.27. The third-order valence-corrected chi connectivity index (χ3v) is 3.29. The molecule has 1 aliphatic rings. The molecule has 0 bridgehead atoms. The highest BCUT2D eigenvalue weighted by atomic mass is 16.3. The van der Waals surface area contributed by atoms with Crippen molar-refractivity contribution in [2.75, 3.05) is 0 Å². The predicted molar refractivity (Wildman–Crippen MR) is 64.1 cm³/mol. The van der Waals surface area contributed by atoms with Crippen molar-refractivity contribution in [3.05, 3.63) is 29.1 Å². The van der Waals surface area contributed by atoms with Crippen LogP contribution >= 0.6 is 0 Å². The first-order valence-corrected chi connectivity index (χ1v) is 6.12. The summed E-state index contributed by atoms with van der Waals surface area (Å²) in [4.78, 5) is 0. The van der Waals surface area contributed by atoms with Crippen molar-refractivity contribution < 1.29 is 5.11 Å². The first kappa shape index (κ1) is 11.4. The van der Waals surface area contributed by atoms with E-state index in [1.54, 1.807) is 4.68 Å². The van der Waals surface area contributed by atoms with Gasteiger partial charge >= 0.3 is 0 Å². The molecular weight excluding hydrogens is 200 g/mol. The maximum Gasteiger partial charge on any atom is 0.117 e. The Labute approximate surface area is 96.8 Å². The molecule has 88 valence electrons. The molecule has 1 aliphatic carbocycles. The summed E-state index contributed by atoms with van der Waals surface area (Å²) < 4.78 is 1.80. The minimum Gasteiger partial charge on any atom is -0.382 e. The molecule has 0 saturated heterocycles. The zero-order valence-corrected chi connectivity index (χ0v) is 10.1. The monoisotopic (exact) mass is 220 g/mol. The third-order valence-electron chi connectivity index (χ3n) is 3.29. The van der Waals surface area contributed by atoms with Crippen molar-refractivity contribution in [2.24, 2.45) is 7.05 Å². The number of aromatic nitrogens is 2. The van der Waals surface area contributed by atoms with Gasteiger partial charge in [-0.3, -0.25) is 4.68 Å². The molecule has 1 heterocycles. The Morgan fingerprint density at radius 2 is 2.31 bits per heavy atom. The van der Waals surface area contributed by atoms with Crippen molar-refractivity contribution in [1.82, 2.24) is 9.78 Å². The van der Waals surface area contributed by atoms with Crippen LogP contribution in [0.25, 0.3) is 0 Å². The van der Waals surface area contributed by atoms with E-state index in [0.29, 0.717) is 0 Å². The van der Waals surface area contributed by atoms with Gasteiger partial charge in [0.05, 0.1) is 11.4 Å². The molecule has 3 nitrogen and oxygen atoms in total. The van der Waals surface area contributed by atoms with Crippen molar-refractivity contribution >= 4 is 0 Å². The van der Waals surface area contributed by atoms with Gasteiger partial charge in [0.15, 0.2) is 0 Å². The van der Waals surface area contributed by atoms with Crippen LogP contribution in [-0.4, -0.2) is 14.9 Å². The van der Waals surface area contributed by atoms with Crippen LogP contribution in [0.15, 0.2) is 17.7 Å². The van der Waals surface area contributed by atoms with E-state index < -0.39 is 6.10 Å². The third kappa shape index (κ3) is 2.19. The lowest BCUT2D eigenvalue weighted by Gasteiger charge is -2.18. The largest absolute Gasteiger partial charge is 0.382 e. The summed E-state index contributed by atoms with van der Waals surface area (Å²) in [6.07, 6.45) is 7.21. The molecule has 0 aromatic carbocycles. The zero-order valence-electron chi connectivity index (χ0n) is 10.1. The highest BCUT2D eigenvalue weighted by Gasteiger charge is 2.19. The average molecular weight is 220 g/mol. The van der Waals surface area contributed by atoms with Crippen molar-refractivity contribution in [3.63, 3.8) is 0 Å². The summed E-state index contributed by atoms with van der Waals surface area (Å²) >= 11 is 0. The smallest absolute Gasteiger partial charge is 0.117 e. The Morgan fingerprint density at radius 3 is 2.88 bits per heavy atom. The molecule has 1 N–H and O–H groups in total. The van der Waals surface area contributed by atoms with Gasteiger partial charge in [-0.2, -0.15) is 5.10 Å². The van der Waals surface area contributed by atoms with Crippen LogP contribution in [0, 0.1) is 0 Å². The first-order chi connectivity index (χ1) is 7.72. The van der Waals surface area contributed by atoms with Gasteiger partial charge in [-0.25, -0.2) is 0 Å². The van der Waals surface area contributed by atoms with Crippen molar-refractivity contribution in [3.8, 4) is 0 Å². The number of allylic oxidation sites excluding steroid dienone is 1. The van der Waals surface area contributed by atoms with E-state index in [9.17, 15) is 5.11 Å². The van der Waals surface area contributed by atoms with Crippen LogP contribution in [0.2, 0.25) is 0 Å². The van der Waals surface area contributed by atoms with E-state index in [2.05, 4.69) is 18.1 Å². The zero-order chi connectivity index (χ0) is 11.5. The molecule has 0 radical (unpaired) electrons. The Kier molecular flexibility index (Phi) is 3.44. The summed E-state index contributed by atoms with van der Waals surface area (Å²) in [5.41, 5.74) is 3.13. The molecule has 3 heteroatoms. The summed E-state index contributed by atoms with van der Waals surface area (Å²) in [5.74, 6) is 0. The van der Waals surface area contributed by atoms with E-state index in [0.717, 1.165) is 36.2 Å². The fourth-order valence-electron chi connectivity index (χ4n) is 2.27. The topological polar surface area (TPSA) is 38.0 Å². The normalized spacial score (nSPS) is 18.3. The Balaban J connectivity index is 2.22. The molecule has 1 aromatic heterocycles. The molecule has 1 unspecified atom stereocenters. The summed E-state index contributed by atoms with van der Waals surface area (Å²) in [5, 5.41) is 14.7. The van der Waals surface area contributed by atoms with Crippen LogP contribution < -0.4 is 0 Å². The molecule has 16 heavy (non-hydrogen) atoms. The van der Waals surface area contributed by atoms with Gasteiger partial charge in [-0.15, -0.1) is 0 Å². The summed E-state index contributed by atoms with van der Waals surface area (Å²) in [7, 11) is 1.90. The Hall–Kier alpha value is -1.09. The first-order valence-electron chi connectivity index (χ1n) is 6.12. The van der Waals surface area contributed by atoms with Gasteiger partial charge in [0.1, 0.15) is 6.10 Å². The van der Waals surface area contributed by atoms with Crippen molar-refractivity contribution in [1.29, 1.82) is 0 Å².